The summed E-state index contributed by atoms with van der Waals surface area (Å²) < 4.78 is 5.84. The zero-order valence-corrected chi connectivity index (χ0v) is 12.4. The summed E-state index contributed by atoms with van der Waals surface area (Å²) in [5, 5.41) is 8.19. The van der Waals surface area contributed by atoms with Gasteiger partial charge in [-0.15, -0.1) is 0 Å². The molecule has 0 radical (unpaired) electrons. The molecule has 1 aromatic heterocycles. The van der Waals surface area contributed by atoms with E-state index >= 15 is 0 Å². The fourth-order valence-electron chi connectivity index (χ4n) is 2.15. The Labute approximate surface area is 120 Å². The first kappa shape index (κ1) is 14.5. The standard InChI is InChI=1S/C16H21N3O/c1-10(2)20-15-8-6-5-7-13(15)16(17)14-9-11(3)18-19-12(14)4/h5-10,16H,17H2,1-4H3. The maximum Gasteiger partial charge on any atom is 0.124 e. The number of ether oxygens (including phenoxy) is 1. The second-order valence-electron chi connectivity index (χ2n) is 5.21. The molecule has 0 aliphatic heterocycles. The largest absolute Gasteiger partial charge is 0.491 e. The van der Waals surface area contributed by atoms with Gasteiger partial charge in [0.15, 0.2) is 0 Å². The zero-order chi connectivity index (χ0) is 14.7. The van der Waals surface area contributed by atoms with Gasteiger partial charge in [0, 0.05) is 5.56 Å². The van der Waals surface area contributed by atoms with E-state index in [9.17, 15) is 0 Å². The normalized spacial score (nSPS) is 12.5. The Balaban J connectivity index is 2.42. The molecule has 20 heavy (non-hydrogen) atoms. The highest BCUT2D eigenvalue weighted by Crippen LogP contribution is 2.30. The summed E-state index contributed by atoms with van der Waals surface area (Å²) in [4.78, 5) is 0. The third-order valence-corrected chi connectivity index (χ3v) is 3.09. The number of para-hydroxylation sites is 1. The Morgan fingerprint density at radius 3 is 2.45 bits per heavy atom. The Morgan fingerprint density at radius 1 is 1.05 bits per heavy atom. The van der Waals surface area contributed by atoms with Crippen molar-refractivity contribution in [1.29, 1.82) is 0 Å². The van der Waals surface area contributed by atoms with Crippen molar-refractivity contribution in [1.82, 2.24) is 10.2 Å². The van der Waals surface area contributed by atoms with E-state index in [1.807, 2.05) is 58.0 Å². The molecule has 2 rings (SSSR count). The second-order valence-corrected chi connectivity index (χ2v) is 5.21. The van der Waals surface area contributed by atoms with Crippen molar-refractivity contribution in [2.75, 3.05) is 0 Å². The van der Waals surface area contributed by atoms with Crippen LogP contribution < -0.4 is 10.5 Å². The highest BCUT2D eigenvalue weighted by Gasteiger charge is 2.17. The topological polar surface area (TPSA) is 61.0 Å². The number of hydrogen-bond donors (Lipinski definition) is 1. The van der Waals surface area contributed by atoms with Crippen LogP contribution in [0.1, 0.15) is 42.4 Å². The van der Waals surface area contributed by atoms with Crippen molar-refractivity contribution >= 4 is 0 Å². The molecule has 1 unspecified atom stereocenters. The highest BCUT2D eigenvalue weighted by atomic mass is 16.5. The highest BCUT2D eigenvalue weighted by molar-refractivity contribution is 5.42. The van der Waals surface area contributed by atoms with Crippen LogP contribution in [0.25, 0.3) is 0 Å². The molecule has 4 heteroatoms. The van der Waals surface area contributed by atoms with Crippen LogP contribution in [0.15, 0.2) is 30.3 Å². The molecule has 2 aromatic rings. The summed E-state index contributed by atoms with van der Waals surface area (Å²) in [5.41, 5.74) is 10.1. The van der Waals surface area contributed by atoms with Gasteiger partial charge in [0.2, 0.25) is 0 Å². The smallest absolute Gasteiger partial charge is 0.124 e. The predicted octanol–water partition coefficient (Wildman–Crippen LogP) is 2.93. The van der Waals surface area contributed by atoms with E-state index < -0.39 is 0 Å². The molecule has 0 bridgehead atoms. The Morgan fingerprint density at radius 2 is 1.75 bits per heavy atom. The molecule has 0 amide bonds. The van der Waals surface area contributed by atoms with Gasteiger partial charge in [-0.1, -0.05) is 18.2 Å². The minimum atomic E-state index is -0.265. The lowest BCUT2D eigenvalue weighted by molar-refractivity contribution is 0.239. The number of hydrogen-bond acceptors (Lipinski definition) is 4. The fraction of sp³-hybridized carbons (Fsp3) is 0.375. The number of rotatable bonds is 4. The SMILES string of the molecule is Cc1cc(C(N)c2ccccc2OC(C)C)c(C)nn1. The third kappa shape index (κ3) is 3.14. The molecular formula is C16H21N3O. The van der Waals surface area contributed by atoms with Gasteiger partial charge in [0.1, 0.15) is 5.75 Å². The number of nitrogens with two attached hydrogens (primary N) is 1. The Bertz CT molecular complexity index is 596. The summed E-state index contributed by atoms with van der Waals surface area (Å²) >= 11 is 0. The van der Waals surface area contributed by atoms with E-state index in [1.165, 1.54) is 0 Å². The molecular weight excluding hydrogens is 250 g/mol. The molecule has 1 aromatic carbocycles. The molecule has 1 heterocycles. The lowest BCUT2D eigenvalue weighted by Crippen LogP contribution is -2.17. The number of nitrogens with zero attached hydrogens (tertiary/aromatic N) is 2. The first-order valence-corrected chi connectivity index (χ1v) is 6.81. The molecule has 1 atom stereocenters. The lowest BCUT2D eigenvalue weighted by atomic mass is 9.97. The molecule has 2 N–H and O–H groups in total. The van der Waals surface area contributed by atoms with Gasteiger partial charge >= 0.3 is 0 Å². The van der Waals surface area contributed by atoms with Crippen LogP contribution in [0.4, 0.5) is 0 Å². The van der Waals surface area contributed by atoms with Crippen molar-refractivity contribution in [3.8, 4) is 5.75 Å². The number of aryl methyl sites for hydroxylation is 2. The van der Waals surface area contributed by atoms with Gasteiger partial charge in [-0.2, -0.15) is 10.2 Å². The van der Waals surface area contributed by atoms with Crippen LogP contribution in [0, 0.1) is 13.8 Å². The van der Waals surface area contributed by atoms with Crippen molar-refractivity contribution in [3.05, 3.63) is 52.8 Å². The maximum absolute atomic E-state index is 6.41. The van der Waals surface area contributed by atoms with Crippen LogP contribution in [0.2, 0.25) is 0 Å². The Hall–Kier alpha value is -1.94. The van der Waals surface area contributed by atoms with Crippen LogP contribution in [-0.4, -0.2) is 16.3 Å². The number of aromatic nitrogens is 2. The third-order valence-electron chi connectivity index (χ3n) is 3.09. The van der Waals surface area contributed by atoms with E-state index in [1.54, 1.807) is 0 Å². The molecule has 0 fully saturated rings. The number of benzene rings is 1. The maximum atomic E-state index is 6.41. The minimum absolute atomic E-state index is 0.113. The fourth-order valence-corrected chi connectivity index (χ4v) is 2.15. The molecule has 0 spiro atoms. The quantitative estimate of drug-likeness (QED) is 0.928. The van der Waals surface area contributed by atoms with Crippen LogP contribution in [0.3, 0.4) is 0 Å². The van der Waals surface area contributed by atoms with E-state index in [0.29, 0.717) is 0 Å². The van der Waals surface area contributed by atoms with Crippen molar-refractivity contribution in [3.63, 3.8) is 0 Å². The van der Waals surface area contributed by atoms with Gasteiger partial charge < -0.3 is 10.5 Å². The Kier molecular flexibility index (Phi) is 4.35. The summed E-state index contributed by atoms with van der Waals surface area (Å²) in [6.45, 7) is 7.85. The van der Waals surface area contributed by atoms with Crippen LogP contribution in [-0.2, 0) is 0 Å². The molecule has 4 nitrogen and oxygen atoms in total. The van der Waals surface area contributed by atoms with Crippen molar-refractivity contribution < 1.29 is 4.74 Å². The van der Waals surface area contributed by atoms with E-state index in [0.717, 1.165) is 28.3 Å². The monoisotopic (exact) mass is 271 g/mol. The average molecular weight is 271 g/mol. The molecule has 0 aliphatic rings. The first-order valence-electron chi connectivity index (χ1n) is 6.81. The summed E-state index contributed by atoms with van der Waals surface area (Å²) in [5.74, 6) is 0.823. The summed E-state index contributed by atoms with van der Waals surface area (Å²) in [6.07, 6.45) is 0.113. The van der Waals surface area contributed by atoms with Gasteiger partial charge in [-0.3, -0.25) is 0 Å². The first-order chi connectivity index (χ1) is 9.49. The molecule has 106 valence electrons. The molecule has 0 aliphatic carbocycles. The minimum Gasteiger partial charge on any atom is -0.491 e. The van der Waals surface area contributed by atoms with Gasteiger partial charge in [-0.25, -0.2) is 0 Å². The van der Waals surface area contributed by atoms with Gasteiger partial charge in [0.05, 0.1) is 23.5 Å². The molecule has 0 saturated heterocycles. The lowest BCUT2D eigenvalue weighted by Gasteiger charge is -2.20. The van der Waals surface area contributed by atoms with E-state index in [4.69, 9.17) is 10.5 Å². The van der Waals surface area contributed by atoms with Crippen molar-refractivity contribution in [2.24, 2.45) is 5.73 Å². The predicted molar refractivity (Wildman–Crippen MR) is 79.7 cm³/mol. The summed E-state index contributed by atoms with van der Waals surface area (Å²) in [7, 11) is 0. The molecule has 0 saturated carbocycles. The zero-order valence-electron chi connectivity index (χ0n) is 12.4. The van der Waals surface area contributed by atoms with Gasteiger partial charge in [0.25, 0.3) is 0 Å². The second kappa shape index (κ2) is 6.01. The van der Waals surface area contributed by atoms with E-state index in [2.05, 4.69) is 10.2 Å². The van der Waals surface area contributed by atoms with Crippen molar-refractivity contribution in [2.45, 2.75) is 39.8 Å². The van der Waals surface area contributed by atoms with Crippen LogP contribution in [0.5, 0.6) is 5.75 Å². The average Bonchev–Trinajstić information content (AvgIpc) is 2.41. The van der Waals surface area contributed by atoms with Crippen LogP contribution >= 0.6 is 0 Å². The van der Waals surface area contributed by atoms with Gasteiger partial charge in [-0.05, 0) is 45.4 Å². The summed E-state index contributed by atoms with van der Waals surface area (Å²) in [6, 6.07) is 9.60. The van der Waals surface area contributed by atoms with E-state index in [-0.39, 0.29) is 12.1 Å².